The van der Waals surface area contributed by atoms with Crippen molar-refractivity contribution >= 4 is 11.8 Å². The van der Waals surface area contributed by atoms with E-state index < -0.39 is 0 Å². The van der Waals surface area contributed by atoms with Crippen LogP contribution in [0.3, 0.4) is 0 Å². The number of hydrogen-bond acceptors (Lipinski definition) is 5. The highest BCUT2D eigenvalue weighted by Gasteiger charge is 2.34. The van der Waals surface area contributed by atoms with Crippen LogP contribution in [0.5, 0.6) is 0 Å². The van der Waals surface area contributed by atoms with Gasteiger partial charge >= 0.3 is 5.97 Å². The number of aryl methyl sites for hydroxylation is 1. The number of fused-ring (bicyclic) bond motifs is 1. The first-order valence-electron chi connectivity index (χ1n) is 7.04. The molecule has 0 unspecified atom stereocenters. The van der Waals surface area contributed by atoms with E-state index in [1.807, 2.05) is 6.92 Å². The number of carbonyl (C=O) groups is 1. The van der Waals surface area contributed by atoms with Gasteiger partial charge < -0.3 is 9.64 Å². The Morgan fingerprint density at radius 3 is 3.00 bits per heavy atom. The minimum atomic E-state index is -0.167. The number of hydrogen-bond donors (Lipinski definition) is 0. The molecule has 19 heavy (non-hydrogen) atoms. The molecule has 2 aliphatic carbocycles. The average molecular weight is 261 g/mol. The third-order valence-corrected chi connectivity index (χ3v) is 3.72. The van der Waals surface area contributed by atoms with Crippen LogP contribution < -0.4 is 4.90 Å². The molecule has 1 heterocycles. The molecule has 1 fully saturated rings. The van der Waals surface area contributed by atoms with Crippen LogP contribution in [0.15, 0.2) is 6.33 Å². The van der Waals surface area contributed by atoms with Gasteiger partial charge in [-0.2, -0.15) is 0 Å². The molecular formula is C14H19N3O2. The van der Waals surface area contributed by atoms with E-state index in [2.05, 4.69) is 14.9 Å². The summed E-state index contributed by atoms with van der Waals surface area (Å²) in [7, 11) is 0. The molecule has 1 aromatic heterocycles. The van der Waals surface area contributed by atoms with Crippen LogP contribution in [0.25, 0.3) is 0 Å². The van der Waals surface area contributed by atoms with Gasteiger partial charge in [0.15, 0.2) is 0 Å². The zero-order chi connectivity index (χ0) is 13.2. The molecule has 5 heteroatoms. The van der Waals surface area contributed by atoms with Crippen molar-refractivity contribution in [2.75, 3.05) is 18.1 Å². The van der Waals surface area contributed by atoms with E-state index in [4.69, 9.17) is 4.74 Å². The predicted molar refractivity (Wildman–Crippen MR) is 71.1 cm³/mol. The second kappa shape index (κ2) is 5.15. The fourth-order valence-corrected chi connectivity index (χ4v) is 2.70. The number of nitrogens with zero attached hydrogens (tertiary/aromatic N) is 3. The van der Waals surface area contributed by atoms with Gasteiger partial charge in [0, 0.05) is 17.3 Å². The Morgan fingerprint density at radius 2 is 2.26 bits per heavy atom. The van der Waals surface area contributed by atoms with Gasteiger partial charge in [-0.15, -0.1) is 0 Å². The lowest BCUT2D eigenvalue weighted by molar-refractivity contribution is -0.141. The summed E-state index contributed by atoms with van der Waals surface area (Å²) < 4.78 is 5.07. The van der Waals surface area contributed by atoms with Gasteiger partial charge in [-0.25, -0.2) is 9.97 Å². The van der Waals surface area contributed by atoms with E-state index >= 15 is 0 Å². The molecular weight excluding hydrogens is 242 g/mol. The van der Waals surface area contributed by atoms with Gasteiger partial charge in [-0.05, 0) is 39.0 Å². The first-order chi connectivity index (χ1) is 9.29. The van der Waals surface area contributed by atoms with E-state index in [1.54, 1.807) is 6.33 Å². The highest BCUT2D eigenvalue weighted by atomic mass is 16.5. The van der Waals surface area contributed by atoms with E-state index in [0.717, 1.165) is 43.6 Å². The molecule has 102 valence electrons. The minimum Gasteiger partial charge on any atom is -0.465 e. The van der Waals surface area contributed by atoms with Crippen molar-refractivity contribution in [2.24, 2.45) is 0 Å². The second-order valence-electron chi connectivity index (χ2n) is 5.14. The van der Waals surface area contributed by atoms with Crippen LogP contribution in [0.4, 0.5) is 5.82 Å². The largest absolute Gasteiger partial charge is 0.465 e. The van der Waals surface area contributed by atoms with Gasteiger partial charge in [0.2, 0.25) is 0 Å². The van der Waals surface area contributed by atoms with Crippen molar-refractivity contribution in [3.63, 3.8) is 0 Å². The Labute approximate surface area is 113 Å². The summed E-state index contributed by atoms with van der Waals surface area (Å²) in [5, 5.41) is 0. The highest BCUT2D eigenvalue weighted by molar-refractivity contribution is 5.76. The Morgan fingerprint density at radius 1 is 1.42 bits per heavy atom. The molecule has 0 amide bonds. The standard InChI is InChI=1S/C14H19N3O2/c1-2-19-13(18)8-17(10-6-7-10)14-11-4-3-5-12(11)15-9-16-14/h9-10H,2-8H2,1H3. The average Bonchev–Trinajstić information content (AvgIpc) is 3.13. The molecule has 3 rings (SSSR count). The SMILES string of the molecule is CCOC(=O)CN(c1ncnc2c1CCC2)C1CC1. The fourth-order valence-electron chi connectivity index (χ4n) is 2.70. The number of aromatic nitrogens is 2. The maximum Gasteiger partial charge on any atom is 0.325 e. The van der Waals surface area contributed by atoms with E-state index in [1.165, 1.54) is 5.56 Å². The molecule has 2 aliphatic rings. The first-order valence-corrected chi connectivity index (χ1v) is 7.04. The van der Waals surface area contributed by atoms with Gasteiger partial charge in [0.1, 0.15) is 18.7 Å². The lowest BCUT2D eigenvalue weighted by Gasteiger charge is -2.24. The Balaban J connectivity index is 1.84. The molecule has 0 aromatic carbocycles. The van der Waals surface area contributed by atoms with E-state index in [0.29, 0.717) is 19.2 Å². The summed E-state index contributed by atoms with van der Waals surface area (Å²) in [5.41, 5.74) is 2.39. The molecule has 0 N–H and O–H groups in total. The molecule has 1 aromatic rings. The number of esters is 1. The quantitative estimate of drug-likeness (QED) is 0.752. The summed E-state index contributed by atoms with van der Waals surface area (Å²) >= 11 is 0. The maximum absolute atomic E-state index is 11.8. The molecule has 0 radical (unpaired) electrons. The molecule has 0 atom stereocenters. The number of ether oxygens (including phenoxy) is 1. The molecule has 0 spiro atoms. The third kappa shape index (κ3) is 2.55. The summed E-state index contributed by atoms with van der Waals surface area (Å²) in [6.07, 6.45) is 7.09. The third-order valence-electron chi connectivity index (χ3n) is 3.72. The summed E-state index contributed by atoms with van der Waals surface area (Å²) in [5.74, 6) is 0.790. The van der Waals surface area contributed by atoms with Crippen molar-refractivity contribution in [3.8, 4) is 0 Å². The lowest BCUT2D eigenvalue weighted by atomic mass is 10.2. The molecule has 0 aliphatic heterocycles. The summed E-state index contributed by atoms with van der Waals surface area (Å²) in [4.78, 5) is 22.6. The predicted octanol–water partition coefficient (Wildman–Crippen LogP) is 1.50. The molecule has 0 bridgehead atoms. The molecule has 5 nitrogen and oxygen atoms in total. The van der Waals surface area contributed by atoms with E-state index in [-0.39, 0.29) is 5.97 Å². The number of anilines is 1. The molecule has 0 saturated heterocycles. The number of carbonyl (C=O) groups excluding carboxylic acids is 1. The smallest absolute Gasteiger partial charge is 0.325 e. The van der Waals surface area contributed by atoms with Gasteiger partial charge in [-0.1, -0.05) is 0 Å². The highest BCUT2D eigenvalue weighted by Crippen LogP contribution is 2.35. The van der Waals surface area contributed by atoms with E-state index in [9.17, 15) is 4.79 Å². The van der Waals surface area contributed by atoms with Crippen LogP contribution >= 0.6 is 0 Å². The Kier molecular flexibility index (Phi) is 3.36. The minimum absolute atomic E-state index is 0.167. The Hall–Kier alpha value is -1.65. The lowest BCUT2D eigenvalue weighted by Crippen LogP contribution is -2.34. The zero-order valence-corrected chi connectivity index (χ0v) is 11.3. The maximum atomic E-state index is 11.8. The second-order valence-corrected chi connectivity index (χ2v) is 5.14. The monoisotopic (exact) mass is 261 g/mol. The van der Waals surface area contributed by atoms with Gasteiger partial charge in [-0.3, -0.25) is 4.79 Å². The zero-order valence-electron chi connectivity index (χ0n) is 11.3. The number of rotatable bonds is 5. The van der Waals surface area contributed by atoms with Crippen molar-refractivity contribution < 1.29 is 9.53 Å². The van der Waals surface area contributed by atoms with Crippen LogP contribution in [0.2, 0.25) is 0 Å². The normalized spacial score (nSPS) is 17.1. The summed E-state index contributed by atoms with van der Waals surface area (Å²) in [6.45, 7) is 2.57. The topological polar surface area (TPSA) is 55.3 Å². The van der Waals surface area contributed by atoms with Crippen LogP contribution in [-0.4, -0.2) is 35.1 Å². The Bertz CT molecular complexity index is 486. The summed E-state index contributed by atoms with van der Waals surface area (Å²) in [6, 6.07) is 0.448. The van der Waals surface area contributed by atoms with Gasteiger partial charge in [0.05, 0.1) is 6.61 Å². The van der Waals surface area contributed by atoms with Crippen molar-refractivity contribution in [1.82, 2.24) is 9.97 Å². The van der Waals surface area contributed by atoms with Crippen LogP contribution in [0, 0.1) is 0 Å². The molecule has 1 saturated carbocycles. The van der Waals surface area contributed by atoms with Crippen molar-refractivity contribution in [1.29, 1.82) is 0 Å². The first kappa shape index (κ1) is 12.4. The van der Waals surface area contributed by atoms with Gasteiger partial charge in [0.25, 0.3) is 0 Å². The van der Waals surface area contributed by atoms with Crippen molar-refractivity contribution in [2.45, 2.75) is 45.1 Å². The van der Waals surface area contributed by atoms with Crippen LogP contribution in [0.1, 0.15) is 37.4 Å². The fraction of sp³-hybridized carbons (Fsp3) is 0.643. The van der Waals surface area contributed by atoms with Crippen molar-refractivity contribution in [3.05, 3.63) is 17.6 Å². The van der Waals surface area contributed by atoms with Crippen LogP contribution in [-0.2, 0) is 22.4 Å².